The van der Waals surface area contributed by atoms with Gasteiger partial charge in [0.15, 0.2) is 11.6 Å². The van der Waals surface area contributed by atoms with Crippen LogP contribution in [0.1, 0.15) is 32.3 Å². The third kappa shape index (κ3) is 7.59. The van der Waals surface area contributed by atoms with Crippen molar-refractivity contribution >= 4 is 40.6 Å². The first-order valence-electron chi connectivity index (χ1n) is 14.2. The molecule has 0 unspecified atom stereocenters. The molecular formula is C29H40N8O5. The van der Waals surface area contributed by atoms with Crippen LogP contribution in [0.2, 0.25) is 0 Å². The molecule has 0 saturated carbocycles. The zero-order valence-electron chi connectivity index (χ0n) is 24.7. The summed E-state index contributed by atoms with van der Waals surface area (Å²) in [5.41, 5.74) is 2.88. The van der Waals surface area contributed by atoms with Crippen LogP contribution in [-0.4, -0.2) is 113 Å². The van der Waals surface area contributed by atoms with E-state index in [1.54, 1.807) is 6.33 Å². The van der Waals surface area contributed by atoms with Gasteiger partial charge < -0.3 is 34.5 Å². The van der Waals surface area contributed by atoms with Gasteiger partial charge in [-0.2, -0.15) is 4.98 Å². The van der Waals surface area contributed by atoms with Crippen molar-refractivity contribution < 1.29 is 24.5 Å². The number of ether oxygens (including phenoxy) is 1. The molecule has 226 valence electrons. The van der Waals surface area contributed by atoms with Gasteiger partial charge in [-0.25, -0.2) is 24.5 Å². The third-order valence-electron chi connectivity index (χ3n) is 7.49. The second kappa shape index (κ2) is 14.2. The van der Waals surface area contributed by atoms with Crippen molar-refractivity contribution in [2.24, 2.45) is 0 Å². The van der Waals surface area contributed by atoms with Crippen molar-refractivity contribution in [1.82, 2.24) is 24.8 Å². The number of morpholine rings is 1. The Labute approximate surface area is 245 Å². The minimum Gasteiger partial charge on any atom is -0.473 e. The number of anilines is 3. The molecule has 42 heavy (non-hydrogen) atoms. The second-order valence-electron chi connectivity index (χ2n) is 10.8. The lowest BCUT2D eigenvalue weighted by Crippen LogP contribution is -2.43. The Balaban J connectivity index is 0.000000612. The van der Waals surface area contributed by atoms with Crippen LogP contribution >= 0.6 is 0 Å². The van der Waals surface area contributed by atoms with Crippen LogP contribution in [0, 0.1) is 0 Å². The molecule has 0 atom stereocenters. The van der Waals surface area contributed by atoms with Crippen molar-refractivity contribution in [1.29, 1.82) is 0 Å². The van der Waals surface area contributed by atoms with Crippen LogP contribution in [0.25, 0.3) is 11.0 Å². The predicted octanol–water partition coefficient (Wildman–Crippen LogP) is 2.36. The number of fused-ring (bicyclic) bond motifs is 1. The average molecular weight is 581 g/mol. The monoisotopic (exact) mass is 580 g/mol. The SMILES string of the molecule is CC(C)N(Cc1ccccc1)c1ncnc2c(N3CCOCC3)nc(N3CCC(N(C)C)CC3)nc12.O=C(O)C(=O)O. The van der Waals surface area contributed by atoms with Crippen molar-refractivity contribution in [2.75, 3.05) is 68.2 Å². The summed E-state index contributed by atoms with van der Waals surface area (Å²) in [6, 6.07) is 11.4. The van der Waals surface area contributed by atoms with Gasteiger partial charge in [0.1, 0.15) is 17.4 Å². The summed E-state index contributed by atoms with van der Waals surface area (Å²) >= 11 is 0. The second-order valence-corrected chi connectivity index (χ2v) is 10.8. The lowest BCUT2D eigenvalue weighted by atomic mass is 10.0. The Morgan fingerprint density at radius 1 is 0.929 bits per heavy atom. The smallest absolute Gasteiger partial charge is 0.414 e. The van der Waals surface area contributed by atoms with E-state index in [0.29, 0.717) is 19.3 Å². The number of nitrogens with zero attached hydrogens (tertiary/aromatic N) is 8. The van der Waals surface area contributed by atoms with E-state index < -0.39 is 11.9 Å². The van der Waals surface area contributed by atoms with Gasteiger partial charge in [0, 0.05) is 44.8 Å². The number of hydrogen-bond donors (Lipinski definition) is 2. The molecule has 1 aromatic carbocycles. The van der Waals surface area contributed by atoms with Gasteiger partial charge in [-0.15, -0.1) is 0 Å². The summed E-state index contributed by atoms with van der Waals surface area (Å²) in [6.07, 6.45) is 3.87. The first-order valence-corrected chi connectivity index (χ1v) is 14.2. The number of benzene rings is 1. The van der Waals surface area contributed by atoms with Crippen LogP contribution in [0.5, 0.6) is 0 Å². The van der Waals surface area contributed by atoms with Crippen molar-refractivity contribution in [3.63, 3.8) is 0 Å². The highest BCUT2D eigenvalue weighted by atomic mass is 16.5. The number of piperidine rings is 1. The fourth-order valence-electron chi connectivity index (χ4n) is 5.12. The fourth-order valence-corrected chi connectivity index (χ4v) is 5.12. The fraction of sp³-hybridized carbons (Fsp3) is 0.517. The highest BCUT2D eigenvalue weighted by molar-refractivity contribution is 6.27. The molecule has 3 aromatic rings. The Bertz CT molecular complexity index is 1330. The van der Waals surface area contributed by atoms with E-state index in [-0.39, 0.29) is 6.04 Å². The van der Waals surface area contributed by atoms with E-state index in [9.17, 15) is 0 Å². The van der Waals surface area contributed by atoms with Gasteiger partial charge in [0.05, 0.1) is 13.2 Å². The van der Waals surface area contributed by atoms with Gasteiger partial charge in [0.2, 0.25) is 5.95 Å². The van der Waals surface area contributed by atoms with Crippen LogP contribution in [0.15, 0.2) is 36.7 Å². The van der Waals surface area contributed by atoms with Crippen molar-refractivity contribution in [2.45, 2.75) is 45.3 Å². The maximum absolute atomic E-state index is 9.10. The number of aliphatic carboxylic acids is 2. The van der Waals surface area contributed by atoms with Gasteiger partial charge in [0.25, 0.3) is 0 Å². The molecule has 2 aliphatic rings. The molecule has 0 bridgehead atoms. The van der Waals surface area contributed by atoms with E-state index in [2.05, 4.69) is 77.9 Å². The highest BCUT2D eigenvalue weighted by Crippen LogP contribution is 2.32. The maximum Gasteiger partial charge on any atom is 0.414 e. The lowest BCUT2D eigenvalue weighted by Gasteiger charge is -2.36. The lowest BCUT2D eigenvalue weighted by molar-refractivity contribution is -0.159. The molecule has 2 N–H and O–H groups in total. The summed E-state index contributed by atoms with van der Waals surface area (Å²) in [5.74, 6) is -1.12. The first kappa shape index (κ1) is 30.8. The number of carboxylic acid groups (broad SMARTS) is 2. The molecule has 0 aliphatic carbocycles. The highest BCUT2D eigenvalue weighted by Gasteiger charge is 2.27. The van der Waals surface area contributed by atoms with Gasteiger partial charge in [-0.3, -0.25) is 0 Å². The number of carbonyl (C=O) groups is 2. The Morgan fingerprint density at radius 3 is 2.14 bits per heavy atom. The predicted molar refractivity (Wildman–Crippen MR) is 160 cm³/mol. The standard InChI is InChI=1S/C27H38N8O.C2H2O4/c1-20(2)35(18-21-8-6-5-7-9-21)25-24-23(28-19-29-25)26(33-14-16-36-17-15-33)31-27(30-24)34-12-10-22(11-13-34)32(3)4;3-1(4)2(5)6/h5-9,19-20,22H,10-18H2,1-4H3;(H,3,4)(H,5,6). The first-order chi connectivity index (χ1) is 20.2. The molecule has 0 amide bonds. The Morgan fingerprint density at radius 2 is 1.57 bits per heavy atom. The number of hydrogen-bond acceptors (Lipinski definition) is 11. The number of carboxylic acids is 2. The van der Waals surface area contributed by atoms with Gasteiger partial charge in [-0.05, 0) is 46.3 Å². The van der Waals surface area contributed by atoms with Crippen LogP contribution in [-0.2, 0) is 20.9 Å². The molecule has 2 aromatic heterocycles. The van der Waals surface area contributed by atoms with E-state index in [1.807, 2.05) is 0 Å². The summed E-state index contributed by atoms with van der Waals surface area (Å²) in [4.78, 5) is 47.2. The maximum atomic E-state index is 9.10. The van der Waals surface area contributed by atoms with Crippen LogP contribution in [0.3, 0.4) is 0 Å². The zero-order valence-corrected chi connectivity index (χ0v) is 24.7. The molecule has 2 fully saturated rings. The molecule has 0 spiro atoms. The van der Waals surface area contributed by atoms with Crippen molar-refractivity contribution in [3.05, 3.63) is 42.2 Å². The molecular weight excluding hydrogens is 540 g/mol. The van der Waals surface area contributed by atoms with Gasteiger partial charge >= 0.3 is 11.9 Å². The molecule has 4 heterocycles. The topological polar surface area (TPSA) is 148 Å². The van der Waals surface area contributed by atoms with Crippen molar-refractivity contribution in [3.8, 4) is 0 Å². The number of aromatic nitrogens is 4. The van der Waals surface area contributed by atoms with E-state index in [0.717, 1.165) is 74.2 Å². The molecule has 13 nitrogen and oxygen atoms in total. The minimum absolute atomic E-state index is 0.240. The average Bonchev–Trinajstić information content (AvgIpc) is 3.00. The molecule has 2 saturated heterocycles. The van der Waals surface area contributed by atoms with Gasteiger partial charge in [-0.1, -0.05) is 30.3 Å². The van der Waals surface area contributed by atoms with Crippen LogP contribution in [0.4, 0.5) is 17.6 Å². The molecule has 0 radical (unpaired) electrons. The van der Waals surface area contributed by atoms with Crippen LogP contribution < -0.4 is 14.7 Å². The third-order valence-corrected chi connectivity index (χ3v) is 7.49. The molecule has 5 rings (SSSR count). The minimum atomic E-state index is -1.82. The normalized spacial score (nSPS) is 16.0. The molecule has 2 aliphatic heterocycles. The summed E-state index contributed by atoms with van der Waals surface area (Å²) < 4.78 is 5.63. The Kier molecular flexibility index (Phi) is 10.4. The quantitative estimate of drug-likeness (QED) is 0.394. The molecule has 13 heteroatoms. The van der Waals surface area contributed by atoms with E-state index >= 15 is 0 Å². The number of rotatable bonds is 7. The Hall–Kier alpha value is -4.10. The van der Waals surface area contributed by atoms with E-state index in [4.69, 9.17) is 44.5 Å². The van der Waals surface area contributed by atoms with E-state index in [1.165, 1.54) is 5.56 Å². The zero-order chi connectivity index (χ0) is 30.2. The largest absolute Gasteiger partial charge is 0.473 e. The summed E-state index contributed by atoms with van der Waals surface area (Å²) in [5, 5.41) is 14.8. The summed E-state index contributed by atoms with van der Waals surface area (Å²) in [6.45, 7) is 10.0. The summed E-state index contributed by atoms with van der Waals surface area (Å²) in [7, 11) is 4.33.